The van der Waals surface area contributed by atoms with Gasteiger partial charge < -0.3 is 8.37 Å². The van der Waals surface area contributed by atoms with Gasteiger partial charge in [-0.1, -0.05) is 141 Å². The lowest BCUT2D eigenvalue weighted by Crippen LogP contribution is -2.19. The number of hydrogen-bond donors (Lipinski definition) is 0. The second kappa shape index (κ2) is 31.8. The second-order valence-electron chi connectivity index (χ2n) is 12.0. The number of unbranched alkanes of at least 4 members (excludes halogenated alkanes) is 22. The molecule has 0 bridgehead atoms. The summed E-state index contributed by atoms with van der Waals surface area (Å²) in [5, 5.41) is 0. The fraction of sp³-hybridized carbons (Fsp3) is 0.833. The van der Waals surface area contributed by atoms with Crippen LogP contribution >= 0.6 is 0 Å². The third-order valence-electron chi connectivity index (χ3n) is 7.68. The zero-order valence-corrected chi connectivity index (χ0v) is 28.8. The first-order chi connectivity index (χ1) is 20.9. The summed E-state index contributed by atoms with van der Waals surface area (Å²) < 4.78 is 32.6. The molecule has 0 spiro atoms. The van der Waals surface area contributed by atoms with Crippen LogP contribution in [-0.4, -0.2) is 20.4 Å². The van der Waals surface area contributed by atoms with Crippen LogP contribution in [0, 0.1) is 0 Å². The number of rotatable bonds is 32. The van der Waals surface area contributed by atoms with Crippen molar-refractivity contribution < 1.29 is 26.4 Å². The summed E-state index contributed by atoms with van der Waals surface area (Å²) in [5.74, 6) is -1.74. The average Bonchev–Trinajstić information content (AvgIpc) is 2.96. The second-order valence-corrected chi connectivity index (χ2v) is 13.1. The van der Waals surface area contributed by atoms with Gasteiger partial charge in [0, 0.05) is 12.8 Å². The molecule has 7 heteroatoms. The highest BCUT2D eigenvalue weighted by Crippen LogP contribution is 2.13. The molecule has 0 fully saturated rings. The molecule has 0 saturated carbocycles. The lowest BCUT2D eigenvalue weighted by Gasteiger charge is -2.06. The number of allylic oxidation sites excluding steroid dienone is 4. The molecule has 0 aromatic carbocycles. The van der Waals surface area contributed by atoms with Gasteiger partial charge in [-0.3, -0.25) is 9.59 Å². The first-order valence-corrected chi connectivity index (χ1v) is 19.2. The van der Waals surface area contributed by atoms with E-state index in [2.05, 4.69) is 46.5 Å². The maximum atomic E-state index is 11.9. The molecule has 0 saturated heterocycles. The smallest absolute Gasteiger partial charge is 0.316 e. The molecule has 0 unspecified atom stereocenters. The largest absolute Gasteiger partial charge is 0.506 e. The zero-order chi connectivity index (χ0) is 31.7. The van der Waals surface area contributed by atoms with Crippen LogP contribution in [0.4, 0.5) is 0 Å². The van der Waals surface area contributed by atoms with Crippen LogP contribution in [0.25, 0.3) is 0 Å². The Morgan fingerprint density at radius 3 is 0.977 bits per heavy atom. The third kappa shape index (κ3) is 33.1. The highest BCUT2D eigenvalue weighted by atomic mass is 32.3. The van der Waals surface area contributed by atoms with E-state index in [4.69, 9.17) is 0 Å². The summed E-state index contributed by atoms with van der Waals surface area (Å²) in [4.78, 5) is 23.7. The van der Waals surface area contributed by atoms with E-state index in [0.717, 1.165) is 64.2 Å². The van der Waals surface area contributed by atoms with Crippen LogP contribution in [0.3, 0.4) is 0 Å². The Bertz CT molecular complexity index is 743. The van der Waals surface area contributed by atoms with Crippen molar-refractivity contribution in [2.75, 3.05) is 0 Å². The minimum absolute atomic E-state index is 0.00315. The molecule has 0 heterocycles. The van der Waals surface area contributed by atoms with Crippen molar-refractivity contribution in [1.82, 2.24) is 0 Å². The molecule has 0 aliphatic heterocycles. The minimum Gasteiger partial charge on any atom is -0.316 e. The van der Waals surface area contributed by atoms with Gasteiger partial charge in [0.25, 0.3) is 0 Å². The Labute approximate surface area is 266 Å². The summed E-state index contributed by atoms with van der Waals surface area (Å²) in [6.45, 7) is 4.48. The van der Waals surface area contributed by atoms with Crippen LogP contribution < -0.4 is 0 Å². The fourth-order valence-electron chi connectivity index (χ4n) is 5.01. The Balaban J connectivity index is 3.62. The van der Waals surface area contributed by atoms with E-state index in [1.165, 1.54) is 89.9 Å². The van der Waals surface area contributed by atoms with E-state index < -0.39 is 22.3 Å². The van der Waals surface area contributed by atoms with Crippen LogP contribution in [0.2, 0.25) is 0 Å². The van der Waals surface area contributed by atoms with Gasteiger partial charge in [0.15, 0.2) is 0 Å². The van der Waals surface area contributed by atoms with Gasteiger partial charge in [0.1, 0.15) is 0 Å². The molecule has 43 heavy (non-hydrogen) atoms. The van der Waals surface area contributed by atoms with Crippen LogP contribution in [0.15, 0.2) is 24.3 Å². The van der Waals surface area contributed by atoms with Gasteiger partial charge in [-0.25, -0.2) is 0 Å². The molecule has 0 amide bonds. The highest BCUT2D eigenvalue weighted by molar-refractivity contribution is 7.82. The van der Waals surface area contributed by atoms with Gasteiger partial charge in [-0.2, -0.15) is 0 Å². The first-order valence-electron chi connectivity index (χ1n) is 17.9. The minimum atomic E-state index is -4.64. The van der Waals surface area contributed by atoms with Crippen molar-refractivity contribution >= 4 is 22.3 Å². The molecule has 0 aromatic heterocycles. The standard InChI is InChI=1S/C36H66O6S/c1-3-5-7-9-11-13-15-17-19-21-23-25-27-29-31-33-35(37)41-43(39,40)42-36(38)34-32-30-28-26-24-22-20-18-16-14-12-10-8-6-4-2/h17-20H,3-16,21-34H2,1-2H3/b19-17-,20-18-. The topological polar surface area (TPSA) is 86.7 Å². The maximum absolute atomic E-state index is 11.9. The Morgan fingerprint density at radius 2 is 0.674 bits per heavy atom. The third-order valence-corrected chi connectivity index (χ3v) is 8.46. The number of hydrogen-bond acceptors (Lipinski definition) is 6. The predicted molar refractivity (Wildman–Crippen MR) is 180 cm³/mol. The van der Waals surface area contributed by atoms with Gasteiger partial charge in [-0.15, -0.1) is 8.42 Å². The van der Waals surface area contributed by atoms with Gasteiger partial charge in [-0.05, 0) is 64.2 Å². The maximum Gasteiger partial charge on any atom is 0.506 e. The lowest BCUT2D eigenvalue weighted by molar-refractivity contribution is -0.138. The van der Waals surface area contributed by atoms with E-state index in [0.29, 0.717) is 12.8 Å². The average molecular weight is 627 g/mol. The quantitative estimate of drug-likeness (QED) is 0.0545. The molecule has 0 N–H and O–H groups in total. The number of carbonyl (C=O) groups excluding carboxylic acids is 2. The van der Waals surface area contributed by atoms with Crippen molar-refractivity contribution in [3.63, 3.8) is 0 Å². The lowest BCUT2D eigenvalue weighted by atomic mass is 10.1. The van der Waals surface area contributed by atoms with Crippen molar-refractivity contribution in [3.8, 4) is 0 Å². The van der Waals surface area contributed by atoms with E-state index in [1.54, 1.807) is 0 Å². The van der Waals surface area contributed by atoms with Crippen LogP contribution in [0.1, 0.15) is 194 Å². The van der Waals surface area contributed by atoms with E-state index in [9.17, 15) is 18.0 Å². The normalized spacial score (nSPS) is 12.0. The van der Waals surface area contributed by atoms with E-state index >= 15 is 0 Å². The number of carbonyl (C=O) groups is 2. The molecule has 0 aliphatic carbocycles. The highest BCUT2D eigenvalue weighted by Gasteiger charge is 2.22. The fourth-order valence-corrected chi connectivity index (χ4v) is 5.66. The van der Waals surface area contributed by atoms with Crippen molar-refractivity contribution in [1.29, 1.82) is 0 Å². The van der Waals surface area contributed by atoms with E-state index in [-0.39, 0.29) is 12.8 Å². The van der Waals surface area contributed by atoms with Crippen molar-refractivity contribution in [3.05, 3.63) is 24.3 Å². The summed E-state index contributed by atoms with van der Waals surface area (Å²) in [6.07, 6.45) is 38.8. The molecule has 252 valence electrons. The molecule has 6 nitrogen and oxygen atoms in total. The Kier molecular flexibility index (Phi) is 30.6. The summed E-state index contributed by atoms with van der Waals surface area (Å²) in [6, 6.07) is 0. The zero-order valence-electron chi connectivity index (χ0n) is 28.0. The Hall–Kier alpha value is -1.63. The molecular weight excluding hydrogens is 560 g/mol. The summed E-state index contributed by atoms with van der Waals surface area (Å²) in [7, 11) is -4.64. The molecular formula is C36H66O6S. The van der Waals surface area contributed by atoms with Crippen molar-refractivity contribution in [2.24, 2.45) is 0 Å². The Morgan fingerprint density at radius 1 is 0.419 bits per heavy atom. The molecule has 0 aromatic rings. The van der Waals surface area contributed by atoms with Gasteiger partial charge in [0.05, 0.1) is 0 Å². The summed E-state index contributed by atoms with van der Waals surface area (Å²) >= 11 is 0. The van der Waals surface area contributed by atoms with Gasteiger partial charge in [0.2, 0.25) is 0 Å². The SMILES string of the molecule is CCCCCCCC/C=C\CCCCCCCC(=O)OS(=O)(=O)OC(=O)CCCCCCC/C=C\CCCCCCCC. The molecule has 0 atom stereocenters. The summed E-state index contributed by atoms with van der Waals surface area (Å²) in [5.41, 5.74) is 0. The first kappa shape index (κ1) is 41.4. The predicted octanol–water partition coefficient (Wildman–Crippen LogP) is 11.4. The van der Waals surface area contributed by atoms with Gasteiger partial charge >= 0.3 is 22.3 Å². The van der Waals surface area contributed by atoms with Crippen molar-refractivity contribution in [2.45, 2.75) is 194 Å². The monoisotopic (exact) mass is 626 g/mol. The molecule has 0 rings (SSSR count). The molecule has 0 aliphatic rings. The molecule has 0 radical (unpaired) electrons. The van der Waals surface area contributed by atoms with E-state index in [1.807, 2.05) is 0 Å². The van der Waals surface area contributed by atoms with Crippen LogP contribution in [0.5, 0.6) is 0 Å². The van der Waals surface area contributed by atoms with Crippen LogP contribution in [-0.2, 0) is 28.4 Å².